The van der Waals surface area contributed by atoms with Crippen LogP contribution in [0.25, 0.3) is 0 Å². The highest BCUT2D eigenvalue weighted by molar-refractivity contribution is 9.10. The molecule has 3 nitrogen and oxygen atoms in total. The highest BCUT2D eigenvalue weighted by Gasteiger charge is 2.03. The first-order valence-electron chi connectivity index (χ1n) is 8.72. The molecule has 0 spiro atoms. The molecule has 0 unspecified atom stereocenters. The van der Waals surface area contributed by atoms with E-state index >= 15 is 0 Å². The molecule has 0 aliphatic rings. The Labute approximate surface area is 163 Å². The molecule has 3 aromatic rings. The lowest BCUT2D eigenvalue weighted by molar-refractivity contribution is 0.315. The third kappa shape index (κ3) is 5.27. The minimum Gasteiger partial charge on any atom is -0.492 e. The SMILES string of the molecule is CCCOc1ccc(CNc2ccc(Oc3ccccc3)cc2)cc1Br. The first-order chi connectivity index (χ1) is 12.7. The highest BCUT2D eigenvalue weighted by Crippen LogP contribution is 2.27. The molecule has 3 aromatic carbocycles. The fourth-order valence-electron chi connectivity index (χ4n) is 2.45. The Morgan fingerprint density at radius 3 is 2.31 bits per heavy atom. The first kappa shape index (κ1) is 18.3. The molecule has 3 rings (SSSR count). The Kier molecular flexibility index (Phi) is 6.56. The van der Waals surface area contributed by atoms with Crippen molar-refractivity contribution in [1.29, 1.82) is 0 Å². The number of hydrogen-bond donors (Lipinski definition) is 1. The van der Waals surface area contributed by atoms with Gasteiger partial charge < -0.3 is 14.8 Å². The van der Waals surface area contributed by atoms with Crippen LogP contribution in [0, 0.1) is 0 Å². The van der Waals surface area contributed by atoms with Crippen LogP contribution >= 0.6 is 15.9 Å². The molecule has 0 heterocycles. The van der Waals surface area contributed by atoms with Gasteiger partial charge in [0.15, 0.2) is 0 Å². The highest BCUT2D eigenvalue weighted by atomic mass is 79.9. The second-order valence-electron chi connectivity index (χ2n) is 5.91. The number of hydrogen-bond acceptors (Lipinski definition) is 3. The molecule has 0 atom stereocenters. The summed E-state index contributed by atoms with van der Waals surface area (Å²) in [6.07, 6.45) is 1.000. The van der Waals surface area contributed by atoms with Crippen LogP contribution in [-0.4, -0.2) is 6.61 Å². The molecule has 0 radical (unpaired) electrons. The second kappa shape index (κ2) is 9.30. The number of para-hydroxylation sites is 1. The van der Waals surface area contributed by atoms with Crippen LogP contribution in [-0.2, 0) is 6.54 Å². The summed E-state index contributed by atoms with van der Waals surface area (Å²) in [4.78, 5) is 0. The zero-order valence-corrected chi connectivity index (χ0v) is 16.3. The van der Waals surface area contributed by atoms with Crippen molar-refractivity contribution in [3.63, 3.8) is 0 Å². The average Bonchev–Trinajstić information content (AvgIpc) is 2.67. The van der Waals surface area contributed by atoms with Gasteiger partial charge in [-0.2, -0.15) is 0 Å². The summed E-state index contributed by atoms with van der Waals surface area (Å²) in [5, 5.41) is 3.42. The normalized spacial score (nSPS) is 10.4. The third-order valence-corrected chi connectivity index (χ3v) is 4.41. The van der Waals surface area contributed by atoms with Gasteiger partial charge in [0.25, 0.3) is 0 Å². The Hall–Kier alpha value is -2.46. The van der Waals surface area contributed by atoms with Crippen molar-refractivity contribution < 1.29 is 9.47 Å². The molecule has 0 saturated heterocycles. The molecule has 0 fully saturated rings. The molecule has 0 aliphatic heterocycles. The van der Waals surface area contributed by atoms with Crippen LogP contribution in [0.15, 0.2) is 77.3 Å². The minimum absolute atomic E-state index is 0.730. The molecule has 4 heteroatoms. The molecule has 134 valence electrons. The van der Waals surface area contributed by atoms with Gasteiger partial charge in [0, 0.05) is 12.2 Å². The van der Waals surface area contributed by atoms with Gasteiger partial charge in [-0.1, -0.05) is 31.2 Å². The maximum atomic E-state index is 5.81. The maximum absolute atomic E-state index is 5.81. The lowest BCUT2D eigenvalue weighted by atomic mass is 10.2. The topological polar surface area (TPSA) is 30.5 Å². The minimum atomic E-state index is 0.730. The maximum Gasteiger partial charge on any atom is 0.133 e. The van der Waals surface area contributed by atoms with E-state index in [1.165, 1.54) is 5.56 Å². The van der Waals surface area contributed by atoms with Crippen LogP contribution in [0.3, 0.4) is 0 Å². The molecule has 0 aliphatic carbocycles. The fraction of sp³-hybridized carbons (Fsp3) is 0.182. The van der Waals surface area contributed by atoms with Crippen molar-refractivity contribution in [1.82, 2.24) is 0 Å². The van der Waals surface area contributed by atoms with E-state index in [1.54, 1.807) is 0 Å². The van der Waals surface area contributed by atoms with E-state index < -0.39 is 0 Å². The molecule has 0 aromatic heterocycles. The summed E-state index contributed by atoms with van der Waals surface area (Å²) in [5.74, 6) is 2.54. The van der Waals surface area contributed by atoms with Gasteiger partial charge in [0.2, 0.25) is 0 Å². The van der Waals surface area contributed by atoms with Crippen molar-refractivity contribution >= 4 is 21.6 Å². The van der Waals surface area contributed by atoms with Crippen molar-refractivity contribution in [2.75, 3.05) is 11.9 Å². The number of nitrogens with one attached hydrogen (secondary N) is 1. The average molecular weight is 412 g/mol. The fourth-order valence-corrected chi connectivity index (χ4v) is 2.99. The third-order valence-electron chi connectivity index (χ3n) is 3.79. The van der Waals surface area contributed by atoms with Crippen LogP contribution in [0.1, 0.15) is 18.9 Å². The predicted molar refractivity (Wildman–Crippen MR) is 110 cm³/mol. The zero-order chi connectivity index (χ0) is 18.2. The monoisotopic (exact) mass is 411 g/mol. The summed E-state index contributed by atoms with van der Waals surface area (Å²) < 4.78 is 12.5. The number of benzene rings is 3. The summed E-state index contributed by atoms with van der Waals surface area (Å²) in [7, 11) is 0. The summed E-state index contributed by atoms with van der Waals surface area (Å²) in [5.41, 5.74) is 2.23. The molecule has 26 heavy (non-hydrogen) atoms. The molecule has 0 bridgehead atoms. The van der Waals surface area contributed by atoms with E-state index in [2.05, 4.69) is 40.3 Å². The zero-order valence-electron chi connectivity index (χ0n) is 14.7. The van der Waals surface area contributed by atoms with E-state index in [9.17, 15) is 0 Å². The molecule has 1 N–H and O–H groups in total. The van der Waals surface area contributed by atoms with Gasteiger partial charge in [-0.25, -0.2) is 0 Å². The number of rotatable bonds is 8. The molecule has 0 saturated carbocycles. The van der Waals surface area contributed by atoms with Gasteiger partial charge in [-0.3, -0.25) is 0 Å². The smallest absolute Gasteiger partial charge is 0.133 e. The van der Waals surface area contributed by atoms with Crippen LogP contribution in [0.2, 0.25) is 0 Å². The standard InChI is InChI=1S/C22H22BrNO2/c1-2-14-25-22-13-8-17(15-21(22)23)16-24-18-9-11-20(12-10-18)26-19-6-4-3-5-7-19/h3-13,15,24H,2,14,16H2,1H3. The van der Waals surface area contributed by atoms with E-state index in [4.69, 9.17) is 9.47 Å². The van der Waals surface area contributed by atoms with E-state index in [0.29, 0.717) is 0 Å². The van der Waals surface area contributed by atoms with Crippen LogP contribution in [0.5, 0.6) is 17.2 Å². The molecular formula is C22H22BrNO2. The Bertz CT molecular complexity index is 819. The van der Waals surface area contributed by atoms with E-state index in [1.807, 2.05) is 60.7 Å². The van der Waals surface area contributed by atoms with Gasteiger partial charge in [-0.05, 0) is 76.4 Å². The lowest BCUT2D eigenvalue weighted by Gasteiger charge is -2.11. The Morgan fingerprint density at radius 1 is 0.885 bits per heavy atom. The van der Waals surface area contributed by atoms with Crippen molar-refractivity contribution in [2.24, 2.45) is 0 Å². The second-order valence-corrected chi connectivity index (χ2v) is 6.76. The molecular weight excluding hydrogens is 390 g/mol. The largest absolute Gasteiger partial charge is 0.492 e. The van der Waals surface area contributed by atoms with Crippen LogP contribution < -0.4 is 14.8 Å². The summed E-state index contributed by atoms with van der Waals surface area (Å²) in [6, 6.07) is 23.9. The quantitative estimate of drug-likeness (QED) is 0.450. The van der Waals surface area contributed by atoms with E-state index in [0.717, 1.165) is 47.0 Å². The summed E-state index contributed by atoms with van der Waals surface area (Å²) >= 11 is 3.58. The number of anilines is 1. The van der Waals surface area contributed by atoms with Gasteiger partial charge >= 0.3 is 0 Å². The number of ether oxygens (including phenoxy) is 2. The van der Waals surface area contributed by atoms with Crippen molar-refractivity contribution in [3.8, 4) is 17.2 Å². The van der Waals surface area contributed by atoms with Gasteiger partial charge in [-0.15, -0.1) is 0 Å². The molecule has 0 amide bonds. The number of halogens is 1. The van der Waals surface area contributed by atoms with Gasteiger partial charge in [0.1, 0.15) is 17.2 Å². The Morgan fingerprint density at radius 2 is 1.62 bits per heavy atom. The lowest BCUT2D eigenvalue weighted by Crippen LogP contribution is -2.00. The summed E-state index contributed by atoms with van der Waals surface area (Å²) in [6.45, 7) is 3.57. The first-order valence-corrected chi connectivity index (χ1v) is 9.52. The predicted octanol–water partition coefficient (Wildman–Crippen LogP) is 6.64. The van der Waals surface area contributed by atoms with Crippen molar-refractivity contribution in [2.45, 2.75) is 19.9 Å². The Balaban J connectivity index is 1.55. The van der Waals surface area contributed by atoms with Gasteiger partial charge in [0.05, 0.1) is 11.1 Å². The van der Waals surface area contributed by atoms with E-state index in [-0.39, 0.29) is 0 Å². The van der Waals surface area contributed by atoms with Crippen LogP contribution in [0.4, 0.5) is 5.69 Å². The van der Waals surface area contributed by atoms with Crippen molar-refractivity contribution in [3.05, 3.63) is 82.8 Å².